The van der Waals surface area contributed by atoms with Crippen LogP contribution in [0.2, 0.25) is 0 Å². The molecule has 0 saturated carbocycles. The molecule has 0 aromatic heterocycles. The third-order valence-electron chi connectivity index (χ3n) is 1.71. The van der Waals surface area contributed by atoms with Crippen LogP contribution in [-0.4, -0.2) is 6.21 Å². The Bertz CT molecular complexity index is 214. The molecule has 0 radical (unpaired) electrons. The maximum absolute atomic E-state index is 4.17. The summed E-state index contributed by atoms with van der Waals surface area (Å²) >= 11 is 0. The summed E-state index contributed by atoms with van der Waals surface area (Å²) in [6, 6.07) is 0. The first-order valence-corrected chi connectivity index (χ1v) is 3.95. The average molecular weight is 200 g/mol. The molecule has 1 aliphatic rings. The van der Waals surface area contributed by atoms with E-state index in [-0.39, 0.29) is 17.4 Å². The van der Waals surface area contributed by atoms with E-state index in [2.05, 4.69) is 37.9 Å². The second-order valence-corrected chi connectivity index (χ2v) is 3.14. The van der Waals surface area contributed by atoms with E-state index in [1.807, 2.05) is 12.4 Å². The van der Waals surface area contributed by atoms with Gasteiger partial charge in [-0.3, -0.25) is 4.99 Å². The SMILES string of the molecule is C[C-]1C=CC(C(C)C)=CN=C1.[Cr]. The fourth-order valence-electron chi connectivity index (χ4n) is 0.896. The Labute approximate surface area is 85.4 Å². The Morgan fingerprint density at radius 1 is 1.42 bits per heavy atom. The van der Waals surface area contributed by atoms with E-state index in [1.54, 1.807) is 0 Å². The summed E-state index contributed by atoms with van der Waals surface area (Å²) < 4.78 is 0. The minimum atomic E-state index is 0. The van der Waals surface area contributed by atoms with Crippen LogP contribution in [0, 0.1) is 11.8 Å². The average Bonchev–Trinajstić information content (AvgIpc) is 2.13. The zero-order valence-electron chi connectivity index (χ0n) is 7.74. The van der Waals surface area contributed by atoms with Crippen LogP contribution in [0.3, 0.4) is 0 Å². The second-order valence-electron chi connectivity index (χ2n) is 3.14. The maximum Gasteiger partial charge on any atom is 0.0106 e. The monoisotopic (exact) mass is 200 g/mol. The Hall–Kier alpha value is -0.448. The van der Waals surface area contributed by atoms with Crippen molar-refractivity contribution in [1.82, 2.24) is 0 Å². The van der Waals surface area contributed by atoms with Crippen LogP contribution < -0.4 is 0 Å². The Kier molecular flexibility index (Phi) is 5.05. The van der Waals surface area contributed by atoms with E-state index in [9.17, 15) is 0 Å². The molecular weight excluding hydrogens is 186 g/mol. The van der Waals surface area contributed by atoms with Crippen molar-refractivity contribution in [3.63, 3.8) is 0 Å². The van der Waals surface area contributed by atoms with Gasteiger partial charge in [-0.05, 0) is 5.92 Å². The van der Waals surface area contributed by atoms with Gasteiger partial charge in [0.05, 0.1) is 0 Å². The minimum Gasteiger partial charge on any atom is -0.285 e. The van der Waals surface area contributed by atoms with Gasteiger partial charge in [0.25, 0.3) is 0 Å². The number of nitrogens with zero attached hydrogens (tertiary/aromatic N) is 1. The summed E-state index contributed by atoms with van der Waals surface area (Å²) in [7, 11) is 0. The topological polar surface area (TPSA) is 12.4 Å². The largest absolute Gasteiger partial charge is 0.285 e. The molecule has 2 heteroatoms. The van der Waals surface area contributed by atoms with Gasteiger partial charge >= 0.3 is 0 Å². The van der Waals surface area contributed by atoms with Crippen LogP contribution in [0.25, 0.3) is 0 Å². The number of hydrogen-bond acceptors (Lipinski definition) is 1. The van der Waals surface area contributed by atoms with Crippen molar-refractivity contribution in [2.24, 2.45) is 10.9 Å². The van der Waals surface area contributed by atoms with Gasteiger partial charge in [0.1, 0.15) is 0 Å². The molecular formula is C10H14CrN-. The number of allylic oxidation sites excluding steroid dienone is 3. The van der Waals surface area contributed by atoms with E-state index in [4.69, 9.17) is 0 Å². The third kappa shape index (κ3) is 3.30. The van der Waals surface area contributed by atoms with Gasteiger partial charge in [0.2, 0.25) is 0 Å². The molecule has 1 nitrogen and oxygen atoms in total. The standard InChI is InChI=1S/C10H14N.Cr/c1-8(2)10-5-4-9(3)6-11-7-10;/h4-8H,1-3H3;/q-1;. The second kappa shape index (κ2) is 5.24. The first kappa shape index (κ1) is 11.6. The van der Waals surface area contributed by atoms with Crippen molar-refractivity contribution in [2.45, 2.75) is 20.8 Å². The number of aliphatic imine (C=N–C) groups is 1. The Morgan fingerprint density at radius 2 is 2.08 bits per heavy atom. The van der Waals surface area contributed by atoms with Crippen LogP contribution in [0.1, 0.15) is 20.8 Å². The van der Waals surface area contributed by atoms with Crippen LogP contribution >= 0.6 is 0 Å². The minimum absolute atomic E-state index is 0. The molecule has 0 bridgehead atoms. The fourth-order valence-corrected chi connectivity index (χ4v) is 0.896. The van der Waals surface area contributed by atoms with E-state index < -0.39 is 0 Å². The van der Waals surface area contributed by atoms with Crippen molar-refractivity contribution in [3.05, 3.63) is 29.8 Å². The summed E-state index contributed by atoms with van der Waals surface area (Å²) in [6.45, 7) is 6.40. The van der Waals surface area contributed by atoms with E-state index >= 15 is 0 Å². The third-order valence-corrected chi connectivity index (χ3v) is 1.71. The Morgan fingerprint density at radius 3 is 2.67 bits per heavy atom. The van der Waals surface area contributed by atoms with Crippen LogP contribution in [0.15, 0.2) is 28.9 Å². The first-order valence-electron chi connectivity index (χ1n) is 3.95. The zero-order valence-corrected chi connectivity index (χ0v) is 9.02. The number of hydrogen-bond donors (Lipinski definition) is 0. The molecule has 0 atom stereocenters. The first-order chi connectivity index (χ1) is 5.20. The fraction of sp³-hybridized carbons (Fsp3) is 0.400. The summed E-state index contributed by atoms with van der Waals surface area (Å²) in [5.74, 6) is 1.77. The van der Waals surface area contributed by atoms with Gasteiger partial charge in [-0.15, -0.1) is 12.5 Å². The molecule has 1 rings (SSSR count). The molecule has 0 spiro atoms. The van der Waals surface area contributed by atoms with E-state index in [0.29, 0.717) is 5.92 Å². The molecule has 0 N–H and O–H groups in total. The summed E-state index contributed by atoms with van der Waals surface area (Å²) in [4.78, 5) is 4.17. The van der Waals surface area contributed by atoms with Crippen LogP contribution in [-0.2, 0) is 17.4 Å². The predicted octanol–water partition coefficient (Wildman–Crippen LogP) is 2.76. The molecule has 0 aromatic rings. The maximum atomic E-state index is 4.17. The van der Waals surface area contributed by atoms with Crippen molar-refractivity contribution < 1.29 is 17.4 Å². The zero-order chi connectivity index (χ0) is 8.27. The summed E-state index contributed by atoms with van der Waals surface area (Å²) in [5, 5.41) is 0. The normalized spacial score (nSPS) is 15.7. The van der Waals surface area contributed by atoms with Crippen molar-refractivity contribution in [3.8, 4) is 0 Å². The number of rotatable bonds is 1. The molecule has 1 heterocycles. The van der Waals surface area contributed by atoms with Crippen molar-refractivity contribution >= 4 is 6.21 Å². The van der Waals surface area contributed by atoms with Crippen molar-refractivity contribution in [1.29, 1.82) is 0 Å². The molecule has 0 fully saturated rings. The van der Waals surface area contributed by atoms with Gasteiger partial charge < -0.3 is 0 Å². The van der Waals surface area contributed by atoms with Gasteiger partial charge in [-0.2, -0.15) is 5.92 Å². The predicted molar refractivity (Wildman–Crippen MR) is 49.5 cm³/mol. The molecule has 1 aliphatic heterocycles. The van der Waals surface area contributed by atoms with Gasteiger partial charge in [0, 0.05) is 23.6 Å². The van der Waals surface area contributed by atoms with Gasteiger partial charge in [-0.25, -0.2) is 12.2 Å². The van der Waals surface area contributed by atoms with Gasteiger partial charge in [0.15, 0.2) is 0 Å². The van der Waals surface area contributed by atoms with E-state index in [0.717, 1.165) is 0 Å². The molecule has 0 amide bonds. The Balaban J connectivity index is 0.00000121. The van der Waals surface area contributed by atoms with Crippen LogP contribution in [0.5, 0.6) is 0 Å². The van der Waals surface area contributed by atoms with E-state index in [1.165, 1.54) is 11.5 Å². The smallest absolute Gasteiger partial charge is 0.0106 e. The molecule has 0 unspecified atom stereocenters. The summed E-state index contributed by atoms with van der Waals surface area (Å²) in [5.41, 5.74) is 1.29. The van der Waals surface area contributed by atoms with Crippen LogP contribution in [0.4, 0.5) is 0 Å². The molecule has 0 aliphatic carbocycles. The van der Waals surface area contributed by atoms with Gasteiger partial charge in [-0.1, -0.05) is 20.1 Å². The molecule has 0 aromatic carbocycles. The summed E-state index contributed by atoms with van der Waals surface area (Å²) in [6.07, 6.45) is 8.04. The molecule has 66 valence electrons. The molecule has 12 heavy (non-hydrogen) atoms. The molecule has 0 saturated heterocycles. The quantitative estimate of drug-likeness (QED) is 0.577. The van der Waals surface area contributed by atoms with Crippen molar-refractivity contribution in [2.75, 3.05) is 0 Å².